The molecule has 5 aromatic carbocycles. The summed E-state index contributed by atoms with van der Waals surface area (Å²) in [5.41, 5.74) is 6.78. The number of aryl methyl sites for hydroxylation is 3. The highest BCUT2D eigenvalue weighted by Gasteiger charge is 2.20. The molecule has 0 bridgehead atoms. The van der Waals surface area contributed by atoms with Gasteiger partial charge in [0.25, 0.3) is 5.91 Å². The van der Waals surface area contributed by atoms with E-state index in [1.165, 1.54) is 16.3 Å². The van der Waals surface area contributed by atoms with Crippen LogP contribution in [0.3, 0.4) is 0 Å². The van der Waals surface area contributed by atoms with Gasteiger partial charge in [-0.15, -0.1) is 11.3 Å². The van der Waals surface area contributed by atoms with Gasteiger partial charge in [-0.3, -0.25) is 9.36 Å². The smallest absolute Gasteiger partial charge is 0.256 e. The van der Waals surface area contributed by atoms with Crippen molar-refractivity contribution in [3.63, 3.8) is 0 Å². The van der Waals surface area contributed by atoms with Gasteiger partial charge in [0.15, 0.2) is 0 Å². The number of imidazole rings is 1. The zero-order valence-electron chi connectivity index (χ0n) is 22.5. The van der Waals surface area contributed by atoms with Crippen LogP contribution in [-0.4, -0.2) is 15.5 Å². The van der Waals surface area contributed by atoms with Gasteiger partial charge in [-0.1, -0.05) is 78.4 Å². The van der Waals surface area contributed by atoms with Crippen LogP contribution in [0.5, 0.6) is 0 Å². The Hall–Kier alpha value is -4.74. The Morgan fingerprint density at radius 2 is 1.38 bits per heavy atom. The molecule has 0 aliphatic carbocycles. The molecule has 0 unspecified atom stereocenters. The maximum Gasteiger partial charge on any atom is 0.256 e. The lowest BCUT2D eigenvalue weighted by Crippen LogP contribution is -2.12. The highest BCUT2D eigenvalue weighted by atomic mass is 32.1. The van der Waals surface area contributed by atoms with Gasteiger partial charge in [0, 0.05) is 37.5 Å². The van der Waals surface area contributed by atoms with Crippen molar-refractivity contribution in [3.8, 4) is 17.1 Å². The summed E-state index contributed by atoms with van der Waals surface area (Å²) >= 11 is 1.64. The lowest BCUT2D eigenvalue weighted by atomic mass is 10.00. The maximum absolute atomic E-state index is 13.0. The number of thiophene rings is 1. The number of hydrogen-bond acceptors (Lipinski definition) is 3. The van der Waals surface area contributed by atoms with E-state index in [0.29, 0.717) is 0 Å². The fourth-order valence-corrected chi connectivity index (χ4v) is 6.52. The monoisotopic (exact) mass is 537 g/mol. The fraction of sp³-hybridized carbons (Fsp3) is 0.0857. The van der Waals surface area contributed by atoms with Gasteiger partial charge < -0.3 is 5.32 Å². The number of fused-ring (bicyclic) bond motifs is 6. The van der Waals surface area contributed by atoms with E-state index in [0.717, 1.165) is 59.9 Å². The maximum atomic E-state index is 13.0. The van der Waals surface area contributed by atoms with E-state index in [2.05, 4.69) is 102 Å². The fourth-order valence-electron chi connectivity index (χ4n) is 5.60. The molecule has 7 rings (SSSR count). The first-order valence-electron chi connectivity index (χ1n) is 13.4. The van der Waals surface area contributed by atoms with Gasteiger partial charge in [0.1, 0.15) is 5.82 Å². The molecule has 0 saturated heterocycles. The van der Waals surface area contributed by atoms with Crippen LogP contribution in [0.1, 0.15) is 25.7 Å². The van der Waals surface area contributed by atoms with Crippen LogP contribution in [0.25, 0.3) is 49.7 Å². The van der Waals surface area contributed by atoms with Crippen molar-refractivity contribution in [2.24, 2.45) is 0 Å². The Balaban J connectivity index is 1.43. The number of nitrogens with one attached hydrogen (secondary N) is 1. The molecule has 0 fully saturated rings. The van der Waals surface area contributed by atoms with Crippen LogP contribution >= 0.6 is 11.3 Å². The topological polar surface area (TPSA) is 46.9 Å². The van der Waals surface area contributed by atoms with Crippen molar-refractivity contribution in [3.05, 3.63) is 124 Å². The number of carbonyl (C=O) groups is 1. The van der Waals surface area contributed by atoms with Crippen molar-refractivity contribution < 1.29 is 4.79 Å². The minimum absolute atomic E-state index is 0.0829. The van der Waals surface area contributed by atoms with Crippen LogP contribution in [0, 0.1) is 20.8 Å². The second kappa shape index (κ2) is 9.47. The summed E-state index contributed by atoms with van der Waals surface area (Å²) in [6.45, 7) is 6.11. The first-order chi connectivity index (χ1) is 19.5. The molecule has 5 heteroatoms. The molecule has 0 aliphatic rings. The van der Waals surface area contributed by atoms with Gasteiger partial charge in [0.2, 0.25) is 0 Å². The quantitative estimate of drug-likeness (QED) is 0.228. The Kier molecular flexibility index (Phi) is 5.76. The number of benzene rings is 5. The zero-order valence-corrected chi connectivity index (χ0v) is 23.3. The van der Waals surface area contributed by atoms with Crippen LogP contribution in [-0.2, 0) is 0 Å². The molecule has 1 amide bonds. The van der Waals surface area contributed by atoms with Crippen molar-refractivity contribution in [1.29, 1.82) is 0 Å². The zero-order chi connectivity index (χ0) is 27.4. The van der Waals surface area contributed by atoms with Crippen molar-refractivity contribution in [2.75, 3.05) is 5.32 Å². The molecule has 7 aromatic rings. The molecule has 40 heavy (non-hydrogen) atoms. The van der Waals surface area contributed by atoms with Crippen molar-refractivity contribution >= 4 is 55.5 Å². The number of nitrogens with zero attached hydrogens (tertiary/aromatic N) is 2. The molecule has 2 aromatic heterocycles. The number of hydrogen-bond donors (Lipinski definition) is 1. The van der Waals surface area contributed by atoms with Gasteiger partial charge in [0.05, 0.1) is 16.6 Å². The first-order valence-corrected chi connectivity index (χ1v) is 14.2. The van der Waals surface area contributed by atoms with E-state index in [1.807, 2.05) is 32.0 Å². The van der Waals surface area contributed by atoms with E-state index in [4.69, 9.17) is 4.98 Å². The molecule has 0 radical (unpaired) electrons. The predicted molar refractivity (Wildman–Crippen MR) is 168 cm³/mol. The summed E-state index contributed by atoms with van der Waals surface area (Å²) in [4.78, 5) is 20.4. The van der Waals surface area contributed by atoms with Gasteiger partial charge >= 0.3 is 0 Å². The SMILES string of the molecule is Cc1ccc(-c2nc3c4ccccc4c4ccccc4c3n2-c2ccc(NC(=O)c3cc(C)sc3C)cc2)cc1. The Morgan fingerprint density at radius 1 is 0.750 bits per heavy atom. The number of rotatable bonds is 4. The van der Waals surface area contributed by atoms with Gasteiger partial charge in [-0.05, 0) is 61.9 Å². The van der Waals surface area contributed by atoms with E-state index < -0.39 is 0 Å². The van der Waals surface area contributed by atoms with E-state index in [9.17, 15) is 4.79 Å². The van der Waals surface area contributed by atoms with E-state index in [1.54, 1.807) is 11.3 Å². The Bertz CT molecular complexity index is 2070. The number of anilines is 1. The molecule has 0 saturated carbocycles. The lowest BCUT2D eigenvalue weighted by Gasteiger charge is -2.13. The Labute approximate surface area is 236 Å². The molecule has 0 aliphatic heterocycles. The first kappa shape index (κ1) is 24.3. The van der Waals surface area contributed by atoms with E-state index in [-0.39, 0.29) is 5.91 Å². The average Bonchev–Trinajstić information content (AvgIpc) is 3.54. The minimum Gasteiger partial charge on any atom is -0.322 e. The molecule has 2 heterocycles. The standard InChI is InChI=1S/C35H27N3OS/c1-21-12-14-24(15-13-21)34-37-32-29-10-6-4-8-27(29)28-9-5-7-11-30(28)33(32)38(34)26-18-16-25(17-19-26)36-35(39)31-20-22(2)40-23(31)3/h4-20H,1-3H3,(H,36,39). The normalized spacial score (nSPS) is 11.5. The van der Waals surface area contributed by atoms with Gasteiger partial charge in [-0.2, -0.15) is 0 Å². The Morgan fingerprint density at radius 3 is 2.02 bits per heavy atom. The van der Waals surface area contributed by atoms with Gasteiger partial charge in [-0.25, -0.2) is 4.98 Å². The number of aromatic nitrogens is 2. The molecule has 0 spiro atoms. The van der Waals surface area contributed by atoms with Crippen LogP contribution < -0.4 is 5.32 Å². The second-order valence-electron chi connectivity index (χ2n) is 10.3. The molecule has 4 nitrogen and oxygen atoms in total. The third kappa shape index (κ3) is 3.98. The molecule has 1 N–H and O–H groups in total. The highest BCUT2D eigenvalue weighted by molar-refractivity contribution is 7.12. The molecule has 0 atom stereocenters. The van der Waals surface area contributed by atoms with Crippen molar-refractivity contribution in [2.45, 2.75) is 20.8 Å². The predicted octanol–water partition coefficient (Wildman–Crippen LogP) is 9.24. The summed E-state index contributed by atoms with van der Waals surface area (Å²) in [6, 6.07) is 35.6. The number of carbonyl (C=O) groups excluding carboxylic acids is 1. The molecular formula is C35H27N3OS. The average molecular weight is 538 g/mol. The highest BCUT2D eigenvalue weighted by Crippen LogP contribution is 2.39. The second-order valence-corrected chi connectivity index (χ2v) is 11.7. The summed E-state index contributed by atoms with van der Waals surface area (Å²) in [6.07, 6.45) is 0. The minimum atomic E-state index is -0.0829. The van der Waals surface area contributed by atoms with Crippen LogP contribution in [0.2, 0.25) is 0 Å². The van der Waals surface area contributed by atoms with Crippen LogP contribution in [0.15, 0.2) is 103 Å². The van der Waals surface area contributed by atoms with Crippen molar-refractivity contribution in [1.82, 2.24) is 9.55 Å². The third-order valence-electron chi connectivity index (χ3n) is 7.51. The molecule has 194 valence electrons. The summed E-state index contributed by atoms with van der Waals surface area (Å²) in [7, 11) is 0. The largest absolute Gasteiger partial charge is 0.322 e. The van der Waals surface area contributed by atoms with E-state index >= 15 is 0 Å². The lowest BCUT2D eigenvalue weighted by molar-refractivity contribution is 0.102. The summed E-state index contributed by atoms with van der Waals surface area (Å²) in [5.74, 6) is 0.804. The number of amides is 1. The summed E-state index contributed by atoms with van der Waals surface area (Å²) < 4.78 is 2.26. The summed E-state index contributed by atoms with van der Waals surface area (Å²) in [5, 5.41) is 7.76. The molecular weight excluding hydrogens is 510 g/mol. The van der Waals surface area contributed by atoms with Crippen LogP contribution in [0.4, 0.5) is 5.69 Å². The third-order valence-corrected chi connectivity index (χ3v) is 8.48.